The van der Waals surface area contributed by atoms with Crippen molar-refractivity contribution in [1.29, 1.82) is 0 Å². The lowest BCUT2D eigenvalue weighted by atomic mass is 9.97. The average Bonchev–Trinajstić information content (AvgIpc) is 1.65. The largest absolute Gasteiger partial charge is 0.496 e. The van der Waals surface area contributed by atoms with Crippen LogP contribution in [0, 0.1) is 35.5 Å². The monoisotopic (exact) mass is 1510 g/mol. The number of carboxylic acids is 1. The third-order valence-corrected chi connectivity index (χ3v) is 20.4. The van der Waals surface area contributed by atoms with Gasteiger partial charge in [-0.15, -0.1) is 0 Å². The number of carbonyl (C=O) groups is 8. The van der Waals surface area contributed by atoms with E-state index in [-0.39, 0.29) is 115 Å². The highest BCUT2D eigenvalue weighted by Crippen LogP contribution is 2.47. The smallest absolute Gasteiger partial charge is 0.325 e. The summed E-state index contributed by atoms with van der Waals surface area (Å²) in [5, 5.41) is 37.5. The Morgan fingerprint density at radius 3 is 1.07 bits per heavy atom. The summed E-state index contributed by atoms with van der Waals surface area (Å²) in [6.45, 7) is 18.3. The molecule has 0 spiro atoms. The number of aromatic nitrogens is 6. The van der Waals surface area contributed by atoms with Crippen molar-refractivity contribution in [3.8, 4) is 68.3 Å². The quantitative estimate of drug-likeness (QED) is 0.0204. The number of hydrogen-bond acceptors (Lipinski definition) is 19. The molecule has 5 amide bonds. The average molecular weight is 1510 g/mol. The topological polar surface area (TPSA) is 344 Å². The summed E-state index contributed by atoms with van der Waals surface area (Å²) < 4.78 is 48.8. The fourth-order valence-electron chi connectivity index (χ4n) is 14.8. The molecule has 3 aliphatic rings. The van der Waals surface area contributed by atoms with Gasteiger partial charge in [0, 0.05) is 31.0 Å². The van der Waals surface area contributed by atoms with Gasteiger partial charge in [0.2, 0.25) is 11.8 Å². The van der Waals surface area contributed by atoms with Crippen LogP contribution in [-0.4, -0.2) is 170 Å². The first-order valence-corrected chi connectivity index (χ1v) is 37.8. The highest BCUT2D eigenvalue weighted by Gasteiger charge is 2.37. The Kier molecular flexibility index (Phi) is 32.7. The summed E-state index contributed by atoms with van der Waals surface area (Å²) in [6.07, 6.45) is 11.0. The van der Waals surface area contributed by atoms with E-state index >= 15 is 0 Å². The lowest BCUT2D eigenvalue weighted by Gasteiger charge is -2.22. The van der Waals surface area contributed by atoms with Crippen LogP contribution in [0.4, 0.5) is 0 Å². The van der Waals surface area contributed by atoms with Crippen molar-refractivity contribution in [1.82, 2.24) is 55.9 Å². The van der Waals surface area contributed by atoms with E-state index in [1.807, 2.05) is 110 Å². The highest BCUT2D eigenvalue weighted by molar-refractivity contribution is 5.97. The number of rotatable bonds is 34. The van der Waals surface area contributed by atoms with Crippen LogP contribution in [0.2, 0.25) is 0 Å². The van der Waals surface area contributed by atoms with Crippen molar-refractivity contribution in [2.45, 2.75) is 195 Å². The van der Waals surface area contributed by atoms with Crippen molar-refractivity contribution in [2.75, 3.05) is 70.0 Å². The zero-order valence-corrected chi connectivity index (χ0v) is 66.5. The van der Waals surface area contributed by atoms with Gasteiger partial charge in [-0.2, -0.15) is 15.3 Å². The number of methoxy groups -OCH3 is 8. The minimum Gasteiger partial charge on any atom is -0.496 e. The Hall–Kier alpha value is -10.2. The van der Waals surface area contributed by atoms with Crippen LogP contribution < -0.4 is 55.0 Å². The van der Waals surface area contributed by atoms with Crippen molar-refractivity contribution in [3.63, 3.8) is 0 Å². The molecule has 9 rings (SSSR count). The van der Waals surface area contributed by atoms with Gasteiger partial charge < -0.3 is 69.6 Å². The van der Waals surface area contributed by atoms with E-state index < -0.39 is 36.0 Å². The Morgan fingerprint density at radius 1 is 0.431 bits per heavy atom. The normalized spacial score (nSPS) is 17.5. The number of benzene rings is 3. The van der Waals surface area contributed by atoms with Gasteiger partial charge >= 0.3 is 17.9 Å². The first-order chi connectivity index (χ1) is 52.1. The van der Waals surface area contributed by atoms with E-state index in [4.69, 9.17) is 43.7 Å². The molecule has 3 saturated carbocycles. The Morgan fingerprint density at radius 2 is 0.771 bits per heavy atom. The number of nitrogens with one attached hydrogen (secondary N) is 5. The van der Waals surface area contributed by atoms with Gasteiger partial charge in [-0.25, -0.2) is 0 Å². The van der Waals surface area contributed by atoms with Gasteiger partial charge in [-0.1, -0.05) is 99.8 Å². The number of hydrogen-bond donors (Lipinski definition) is 6. The molecule has 3 aromatic carbocycles. The molecule has 3 heterocycles. The van der Waals surface area contributed by atoms with Crippen LogP contribution in [0.1, 0.15) is 208 Å². The summed E-state index contributed by atoms with van der Waals surface area (Å²) in [7, 11) is 12.1. The molecule has 0 saturated heterocycles. The van der Waals surface area contributed by atoms with Gasteiger partial charge in [-0.3, -0.25) is 52.4 Å². The second kappa shape index (κ2) is 41.4. The fourth-order valence-corrected chi connectivity index (χ4v) is 14.8. The van der Waals surface area contributed by atoms with Gasteiger partial charge in [0.05, 0.1) is 115 Å². The Balaban J connectivity index is 0.000000228. The molecular formula is C81H115N11O17. The predicted octanol–water partition coefficient (Wildman–Crippen LogP) is 12.1. The van der Waals surface area contributed by atoms with E-state index in [1.54, 1.807) is 60.9 Å². The maximum absolute atomic E-state index is 13.5. The van der Waals surface area contributed by atoms with Crippen LogP contribution in [0.3, 0.4) is 0 Å². The van der Waals surface area contributed by atoms with E-state index in [0.29, 0.717) is 71.5 Å². The van der Waals surface area contributed by atoms with Crippen LogP contribution in [-0.2, 0) is 33.4 Å². The molecule has 0 bridgehead atoms. The standard InChI is InChI=1S/C28H40N4O6.C27H38N4O6.C26H37N3O5/c1-17(2)13-19(14-25(33)29-16-26(34)38-6)30-28(35)20-15-22(32(31-20)21-10-7-9-18(21)3)27-23(36-4)11-8-12-24(27)37-5;1-17(2)13-18(14-24(32)28-16-25(33)37-5)29-27(34)20-15-21(31(30-20)19-9-6-7-10-19)26-22(35-3)11-8-12-23(26)36-4;1-15(2)12-18(13-24(30)31)27-26(32)19-14-21(25-22(33-5)8-7-9-23(25)34-6)29(28-19)20-11-10-16(3)17(20)4/h8,11-12,15,17-19,21H,7,9-10,13-14,16H2,1-6H3,(H,29,33)(H,30,35);8,11-12,15,17-19H,6-7,9-10,13-14,16H2,1-5H3,(H,28,32)(H,29,34);7-9,14-18,20H,10-13H2,1-6H3,(H,27,32)(H,30,31)/t18?,19-,21?;18-;16?,17?,18-,20?/m000/s1. The van der Waals surface area contributed by atoms with Crippen molar-refractivity contribution in [3.05, 3.63) is 89.9 Å². The summed E-state index contributed by atoms with van der Waals surface area (Å²) in [6, 6.07) is 21.1. The van der Waals surface area contributed by atoms with E-state index in [9.17, 15) is 43.5 Å². The molecule has 109 heavy (non-hydrogen) atoms. The summed E-state index contributed by atoms with van der Waals surface area (Å²) in [5.41, 5.74) is 5.26. The van der Waals surface area contributed by atoms with E-state index in [1.165, 1.54) is 14.2 Å². The SMILES string of the molecule is COC(=O)CNC(=O)C[C@H](CC(C)C)NC(=O)c1cc(-c2c(OC)cccc2OC)n(C2CCCC2)n1.COC(=O)CNC(=O)C[C@H](CC(C)C)NC(=O)c1cc(-c2c(OC)cccc2OC)n(C2CCCC2C)n1.COc1cccc(OC)c1-c1cc(C(=O)N[C@H](CC(=O)O)CC(C)C)nn1C1CCC(C)C1C. The molecule has 28 nitrogen and oxygen atoms in total. The van der Waals surface area contributed by atoms with Crippen molar-refractivity contribution < 1.29 is 81.4 Å². The van der Waals surface area contributed by atoms with Crippen LogP contribution >= 0.6 is 0 Å². The number of carboxylic acid groups (broad SMARTS) is 1. The summed E-state index contributed by atoms with van der Waals surface area (Å²) in [5.74, 6) is 2.04. The molecule has 3 fully saturated rings. The lowest BCUT2D eigenvalue weighted by molar-refractivity contribution is -0.141. The molecule has 3 aliphatic carbocycles. The first-order valence-electron chi connectivity index (χ1n) is 37.8. The number of amides is 5. The molecule has 28 heteroatoms. The molecule has 0 aliphatic heterocycles. The minimum absolute atomic E-state index is 0.0362. The maximum Gasteiger partial charge on any atom is 0.325 e. The van der Waals surface area contributed by atoms with Crippen molar-refractivity contribution in [2.24, 2.45) is 35.5 Å². The molecule has 6 aromatic rings. The maximum atomic E-state index is 13.5. The van der Waals surface area contributed by atoms with Gasteiger partial charge in [0.1, 0.15) is 47.6 Å². The molecule has 6 N–H and O–H groups in total. The van der Waals surface area contributed by atoms with Gasteiger partial charge in [0.25, 0.3) is 17.7 Å². The van der Waals surface area contributed by atoms with Gasteiger partial charge in [0.15, 0.2) is 17.1 Å². The zero-order chi connectivity index (χ0) is 79.8. The number of ether oxygens (including phenoxy) is 8. The number of nitrogens with zero attached hydrogens (tertiary/aromatic N) is 6. The Labute approximate surface area is 640 Å². The Bertz CT molecular complexity index is 3980. The van der Waals surface area contributed by atoms with E-state index in [2.05, 4.69) is 56.8 Å². The molecule has 3 aromatic heterocycles. The van der Waals surface area contributed by atoms with Crippen LogP contribution in [0.15, 0.2) is 72.8 Å². The third kappa shape index (κ3) is 23.4. The highest BCUT2D eigenvalue weighted by atomic mass is 16.5. The minimum atomic E-state index is -0.940. The molecule has 8 atom stereocenters. The fraction of sp³-hybridized carbons (Fsp3) is 0.568. The predicted molar refractivity (Wildman–Crippen MR) is 412 cm³/mol. The summed E-state index contributed by atoms with van der Waals surface area (Å²) in [4.78, 5) is 99.1. The molecule has 0 radical (unpaired) electrons. The van der Waals surface area contributed by atoms with Gasteiger partial charge in [-0.05, 0) is 148 Å². The second-order valence-electron chi connectivity index (χ2n) is 29.7. The van der Waals surface area contributed by atoms with Crippen LogP contribution in [0.25, 0.3) is 33.8 Å². The summed E-state index contributed by atoms with van der Waals surface area (Å²) >= 11 is 0. The molecule has 596 valence electrons. The lowest BCUT2D eigenvalue weighted by Crippen LogP contribution is -2.41. The number of carbonyl (C=O) groups excluding carboxylic acids is 7. The third-order valence-electron chi connectivity index (χ3n) is 20.4. The zero-order valence-electron chi connectivity index (χ0n) is 66.5. The van der Waals surface area contributed by atoms with E-state index in [0.717, 1.165) is 91.6 Å². The number of aliphatic carboxylic acids is 1. The molecular weight excluding hydrogens is 1400 g/mol. The van der Waals surface area contributed by atoms with Crippen molar-refractivity contribution >= 4 is 47.4 Å². The van der Waals surface area contributed by atoms with Crippen LogP contribution in [0.5, 0.6) is 34.5 Å². The number of esters is 2. The molecule has 5 unspecified atom stereocenters. The second-order valence-corrected chi connectivity index (χ2v) is 29.7. The first kappa shape index (κ1) is 86.1.